The molecule has 0 N–H and O–H groups in total. The summed E-state index contributed by atoms with van der Waals surface area (Å²) in [7, 11) is 0. The van der Waals surface area contributed by atoms with Gasteiger partial charge in [0.05, 0.1) is 30.3 Å². The molecule has 0 bridgehead atoms. The van der Waals surface area contributed by atoms with E-state index >= 15 is 0 Å². The number of hydrogen-bond donors (Lipinski definition) is 0. The molecule has 0 atom stereocenters. The predicted octanol–water partition coefficient (Wildman–Crippen LogP) is 3.69. The Hall–Kier alpha value is -0.980. The van der Waals surface area contributed by atoms with Crippen molar-refractivity contribution in [2.45, 2.75) is 33.0 Å². The van der Waals surface area contributed by atoms with E-state index < -0.39 is 4.92 Å². The number of hydrogen-bond acceptors (Lipinski definition) is 4. The Labute approximate surface area is 121 Å². The minimum Gasteiger partial charge on any atom is -0.374 e. The molecular formula is C13H18BrNO4. The molecule has 0 aliphatic rings. The molecule has 1 aromatic carbocycles. The van der Waals surface area contributed by atoms with Gasteiger partial charge in [-0.15, -0.1) is 0 Å². The summed E-state index contributed by atoms with van der Waals surface area (Å²) in [6.07, 6.45) is 0. The van der Waals surface area contributed by atoms with Crippen molar-refractivity contribution < 1.29 is 14.4 Å². The Morgan fingerprint density at radius 2 is 2.00 bits per heavy atom. The topological polar surface area (TPSA) is 61.6 Å². The number of ether oxygens (including phenoxy) is 2. The van der Waals surface area contributed by atoms with Gasteiger partial charge in [0.25, 0.3) is 5.69 Å². The summed E-state index contributed by atoms with van der Waals surface area (Å²) < 4.78 is 11.4. The van der Waals surface area contributed by atoms with Crippen LogP contribution in [0.1, 0.15) is 26.3 Å². The average molecular weight is 332 g/mol. The fraction of sp³-hybridized carbons (Fsp3) is 0.538. The minimum atomic E-state index is -0.420. The minimum absolute atomic E-state index is 0.0482. The van der Waals surface area contributed by atoms with Crippen LogP contribution in [0.4, 0.5) is 5.69 Å². The van der Waals surface area contributed by atoms with Crippen LogP contribution in [-0.4, -0.2) is 23.7 Å². The summed E-state index contributed by atoms with van der Waals surface area (Å²) >= 11 is 3.23. The number of nitro benzene ring substituents is 1. The maximum absolute atomic E-state index is 10.8. The van der Waals surface area contributed by atoms with Crippen LogP contribution < -0.4 is 0 Å². The third-order valence-electron chi connectivity index (χ3n) is 2.28. The first-order chi connectivity index (χ1) is 8.81. The van der Waals surface area contributed by atoms with Gasteiger partial charge < -0.3 is 9.47 Å². The molecule has 1 aromatic rings. The lowest BCUT2D eigenvalue weighted by Gasteiger charge is -2.19. The zero-order valence-electron chi connectivity index (χ0n) is 11.3. The van der Waals surface area contributed by atoms with Gasteiger partial charge in [0.1, 0.15) is 4.47 Å². The molecule has 6 heteroatoms. The highest BCUT2D eigenvalue weighted by molar-refractivity contribution is 9.10. The molecule has 0 aliphatic carbocycles. The largest absolute Gasteiger partial charge is 0.374 e. The molecule has 19 heavy (non-hydrogen) atoms. The second-order valence-corrected chi connectivity index (χ2v) is 5.81. The number of nitrogens with zero attached hydrogens (tertiary/aromatic N) is 1. The molecule has 0 fully saturated rings. The zero-order valence-corrected chi connectivity index (χ0v) is 12.9. The number of benzene rings is 1. The lowest BCUT2D eigenvalue weighted by molar-refractivity contribution is -0.385. The predicted molar refractivity (Wildman–Crippen MR) is 76.2 cm³/mol. The summed E-state index contributed by atoms with van der Waals surface area (Å²) in [5, 5.41) is 10.8. The van der Waals surface area contributed by atoms with E-state index in [1.165, 1.54) is 6.07 Å². The van der Waals surface area contributed by atoms with Crippen LogP contribution in [-0.2, 0) is 16.1 Å². The van der Waals surface area contributed by atoms with Crippen molar-refractivity contribution in [3.05, 3.63) is 38.3 Å². The Kier molecular flexibility index (Phi) is 5.90. The molecule has 0 aliphatic heterocycles. The Morgan fingerprint density at radius 1 is 1.32 bits per heavy atom. The highest BCUT2D eigenvalue weighted by atomic mass is 79.9. The molecule has 106 valence electrons. The van der Waals surface area contributed by atoms with Gasteiger partial charge in [-0.3, -0.25) is 10.1 Å². The SMILES string of the molecule is CC(C)(C)OCCOCc1cccc([N+](=O)[O-])c1Br. The molecule has 0 saturated carbocycles. The van der Waals surface area contributed by atoms with Crippen LogP contribution >= 0.6 is 15.9 Å². The molecule has 0 heterocycles. The highest BCUT2D eigenvalue weighted by Gasteiger charge is 2.14. The van der Waals surface area contributed by atoms with E-state index in [-0.39, 0.29) is 11.3 Å². The molecule has 0 unspecified atom stereocenters. The molecule has 0 spiro atoms. The van der Waals surface area contributed by atoms with Gasteiger partial charge in [-0.2, -0.15) is 0 Å². The third-order valence-corrected chi connectivity index (χ3v) is 3.19. The maximum Gasteiger partial charge on any atom is 0.283 e. The lowest BCUT2D eigenvalue weighted by Crippen LogP contribution is -2.21. The summed E-state index contributed by atoms with van der Waals surface area (Å²) in [6.45, 7) is 7.19. The van der Waals surface area contributed by atoms with Crippen molar-refractivity contribution in [2.75, 3.05) is 13.2 Å². The van der Waals surface area contributed by atoms with Gasteiger partial charge in [-0.1, -0.05) is 12.1 Å². The molecule has 5 nitrogen and oxygen atoms in total. The molecule has 0 saturated heterocycles. The third kappa shape index (κ3) is 5.67. The van der Waals surface area contributed by atoms with Gasteiger partial charge in [-0.25, -0.2) is 0 Å². The number of halogens is 1. The van der Waals surface area contributed by atoms with Crippen molar-refractivity contribution in [1.82, 2.24) is 0 Å². The quantitative estimate of drug-likeness (QED) is 0.453. The van der Waals surface area contributed by atoms with E-state index in [9.17, 15) is 10.1 Å². The van der Waals surface area contributed by atoms with Crippen molar-refractivity contribution >= 4 is 21.6 Å². The van der Waals surface area contributed by atoms with Crippen molar-refractivity contribution in [3.8, 4) is 0 Å². The summed E-state index contributed by atoms with van der Waals surface area (Å²) in [5.41, 5.74) is 0.618. The number of rotatable bonds is 6. The van der Waals surface area contributed by atoms with Gasteiger partial charge >= 0.3 is 0 Å². The maximum atomic E-state index is 10.8. The van der Waals surface area contributed by atoms with Crippen LogP contribution in [0.5, 0.6) is 0 Å². The lowest BCUT2D eigenvalue weighted by atomic mass is 10.2. The Morgan fingerprint density at radius 3 is 2.58 bits per heavy atom. The molecule has 1 rings (SSSR count). The van der Waals surface area contributed by atoms with Crippen LogP contribution in [0.15, 0.2) is 22.7 Å². The van der Waals surface area contributed by atoms with Crippen LogP contribution in [0.2, 0.25) is 0 Å². The first-order valence-corrected chi connectivity index (χ1v) is 6.74. The van der Waals surface area contributed by atoms with Crippen molar-refractivity contribution in [3.63, 3.8) is 0 Å². The zero-order chi connectivity index (χ0) is 14.5. The van der Waals surface area contributed by atoms with E-state index in [0.717, 1.165) is 5.56 Å². The second-order valence-electron chi connectivity index (χ2n) is 5.02. The monoisotopic (exact) mass is 331 g/mol. The molecular weight excluding hydrogens is 314 g/mol. The van der Waals surface area contributed by atoms with Gasteiger partial charge in [-0.05, 0) is 42.3 Å². The fourth-order valence-electron chi connectivity index (χ4n) is 1.41. The van der Waals surface area contributed by atoms with Gasteiger partial charge in [0, 0.05) is 6.07 Å². The van der Waals surface area contributed by atoms with E-state index in [0.29, 0.717) is 24.3 Å². The molecule has 0 radical (unpaired) electrons. The summed E-state index contributed by atoms with van der Waals surface area (Å²) in [4.78, 5) is 10.4. The van der Waals surface area contributed by atoms with E-state index in [1.807, 2.05) is 20.8 Å². The second kappa shape index (κ2) is 6.98. The first-order valence-electron chi connectivity index (χ1n) is 5.95. The Balaban J connectivity index is 2.46. The molecule has 0 amide bonds. The standard InChI is InChI=1S/C13H18BrNO4/c1-13(2,3)19-8-7-18-9-10-5-4-6-11(12(10)14)15(16)17/h4-6H,7-9H2,1-3H3. The van der Waals surface area contributed by atoms with Crippen molar-refractivity contribution in [1.29, 1.82) is 0 Å². The van der Waals surface area contributed by atoms with E-state index in [2.05, 4.69) is 15.9 Å². The Bertz CT molecular complexity index is 443. The van der Waals surface area contributed by atoms with Crippen LogP contribution in [0, 0.1) is 10.1 Å². The van der Waals surface area contributed by atoms with Gasteiger partial charge in [0.2, 0.25) is 0 Å². The smallest absolute Gasteiger partial charge is 0.283 e. The van der Waals surface area contributed by atoms with Crippen molar-refractivity contribution in [2.24, 2.45) is 0 Å². The normalized spacial score (nSPS) is 11.6. The van der Waals surface area contributed by atoms with E-state index in [4.69, 9.17) is 9.47 Å². The van der Waals surface area contributed by atoms with E-state index in [1.54, 1.807) is 12.1 Å². The number of nitro groups is 1. The fourth-order valence-corrected chi connectivity index (χ4v) is 1.93. The van der Waals surface area contributed by atoms with Gasteiger partial charge in [0.15, 0.2) is 0 Å². The average Bonchev–Trinajstić information content (AvgIpc) is 2.28. The summed E-state index contributed by atoms with van der Waals surface area (Å²) in [6, 6.07) is 4.89. The van der Waals surface area contributed by atoms with Crippen LogP contribution in [0.25, 0.3) is 0 Å². The molecule has 0 aromatic heterocycles. The first kappa shape index (κ1) is 16.1. The summed E-state index contributed by atoms with van der Waals surface area (Å²) in [5.74, 6) is 0. The highest BCUT2D eigenvalue weighted by Crippen LogP contribution is 2.28. The van der Waals surface area contributed by atoms with Crippen LogP contribution in [0.3, 0.4) is 0 Å².